The zero-order chi connectivity index (χ0) is 14.0. The fourth-order valence-electron chi connectivity index (χ4n) is 1.88. The van der Waals surface area contributed by atoms with E-state index >= 15 is 0 Å². The Hall–Kier alpha value is -1.43. The minimum atomic E-state index is -0.495. The normalized spacial score (nSPS) is 10.8. The summed E-state index contributed by atoms with van der Waals surface area (Å²) in [5.74, 6) is -0.985. The van der Waals surface area contributed by atoms with Gasteiger partial charge in [-0.2, -0.15) is 5.10 Å². The number of nitrogens with zero attached hydrogens (tertiary/aromatic N) is 2. The van der Waals surface area contributed by atoms with Crippen molar-refractivity contribution < 1.29 is 8.78 Å². The van der Waals surface area contributed by atoms with Crippen molar-refractivity contribution in [1.82, 2.24) is 9.78 Å². The van der Waals surface area contributed by atoms with Crippen molar-refractivity contribution in [3.8, 4) is 0 Å². The van der Waals surface area contributed by atoms with E-state index in [1.54, 1.807) is 4.68 Å². The van der Waals surface area contributed by atoms with Gasteiger partial charge in [-0.15, -0.1) is 0 Å². The first-order valence-electron chi connectivity index (χ1n) is 5.91. The summed E-state index contributed by atoms with van der Waals surface area (Å²) >= 11 is 2.95. The molecule has 2 aromatic rings. The predicted molar refractivity (Wildman–Crippen MR) is 74.0 cm³/mol. The fourth-order valence-corrected chi connectivity index (χ4v) is 2.19. The van der Waals surface area contributed by atoms with Gasteiger partial charge in [0.1, 0.15) is 11.6 Å². The van der Waals surface area contributed by atoms with Gasteiger partial charge in [-0.3, -0.25) is 4.68 Å². The molecule has 0 amide bonds. The van der Waals surface area contributed by atoms with Crippen molar-refractivity contribution in [2.45, 2.75) is 19.9 Å². The molecule has 0 spiro atoms. The summed E-state index contributed by atoms with van der Waals surface area (Å²) in [4.78, 5) is 0. The molecule has 6 heteroatoms. The van der Waals surface area contributed by atoms with Gasteiger partial charge >= 0.3 is 0 Å². The van der Waals surface area contributed by atoms with E-state index in [9.17, 15) is 8.78 Å². The first-order valence-corrected chi connectivity index (χ1v) is 6.70. The molecule has 0 bridgehead atoms. The molecule has 1 aromatic heterocycles. The van der Waals surface area contributed by atoms with Crippen molar-refractivity contribution in [3.63, 3.8) is 0 Å². The van der Waals surface area contributed by atoms with E-state index < -0.39 is 11.6 Å². The lowest BCUT2D eigenvalue weighted by atomic mass is 10.2. The zero-order valence-electron chi connectivity index (χ0n) is 10.7. The van der Waals surface area contributed by atoms with Crippen LogP contribution in [0.4, 0.5) is 14.5 Å². The molecule has 0 saturated carbocycles. The van der Waals surface area contributed by atoms with Gasteiger partial charge < -0.3 is 5.32 Å². The molecule has 0 aliphatic heterocycles. The molecule has 1 N–H and O–H groups in total. The third-order valence-electron chi connectivity index (χ3n) is 2.81. The summed E-state index contributed by atoms with van der Waals surface area (Å²) < 4.78 is 28.8. The van der Waals surface area contributed by atoms with E-state index in [1.807, 2.05) is 20.2 Å². The Morgan fingerprint density at radius 1 is 1.32 bits per heavy atom. The molecular formula is C13H14BrF2N3. The smallest absolute Gasteiger partial charge is 0.147 e. The van der Waals surface area contributed by atoms with Crippen molar-refractivity contribution >= 4 is 21.6 Å². The lowest BCUT2D eigenvalue weighted by molar-refractivity contribution is 0.596. The number of benzene rings is 1. The number of aryl methyl sites for hydroxylation is 2. The number of nitrogens with one attached hydrogen (secondary N) is 1. The number of hydrogen-bond acceptors (Lipinski definition) is 2. The van der Waals surface area contributed by atoms with Gasteiger partial charge in [0.15, 0.2) is 0 Å². The zero-order valence-corrected chi connectivity index (χ0v) is 12.3. The molecule has 0 aliphatic carbocycles. The summed E-state index contributed by atoms with van der Waals surface area (Å²) in [6.07, 6.45) is 2.67. The maximum Gasteiger partial charge on any atom is 0.147 e. The standard InChI is InChI=1S/C13H14BrF2N3/c1-3-12-8(7-19(2)18-12)6-17-13-5-10(15)9(14)4-11(13)16/h4-5,7,17H,3,6H2,1-2H3. The van der Waals surface area contributed by atoms with Gasteiger partial charge in [-0.05, 0) is 28.4 Å². The summed E-state index contributed by atoms with van der Waals surface area (Å²) in [5, 5.41) is 7.19. The number of hydrogen-bond donors (Lipinski definition) is 1. The van der Waals surface area contributed by atoms with E-state index in [0.717, 1.165) is 29.8 Å². The number of rotatable bonds is 4. The lowest BCUT2D eigenvalue weighted by Crippen LogP contribution is -2.03. The lowest BCUT2D eigenvalue weighted by Gasteiger charge is -2.08. The minimum absolute atomic E-state index is 0.117. The molecule has 19 heavy (non-hydrogen) atoms. The highest BCUT2D eigenvalue weighted by molar-refractivity contribution is 9.10. The Kier molecular flexibility index (Phi) is 4.19. The van der Waals surface area contributed by atoms with Crippen molar-refractivity contribution in [1.29, 1.82) is 0 Å². The first kappa shape index (κ1) is 14.0. The van der Waals surface area contributed by atoms with Crippen LogP contribution in [0.25, 0.3) is 0 Å². The Labute approximate surface area is 118 Å². The summed E-state index contributed by atoms with van der Waals surface area (Å²) in [5.41, 5.74) is 2.08. The average molecular weight is 330 g/mol. The van der Waals surface area contributed by atoms with Crippen LogP contribution in [0.15, 0.2) is 22.8 Å². The van der Waals surface area contributed by atoms with E-state index in [-0.39, 0.29) is 10.2 Å². The second kappa shape index (κ2) is 5.69. The molecule has 0 aliphatic rings. The summed E-state index contributed by atoms with van der Waals surface area (Å²) in [6.45, 7) is 2.42. The van der Waals surface area contributed by atoms with E-state index in [2.05, 4.69) is 26.3 Å². The molecule has 0 unspecified atom stereocenters. The van der Waals surface area contributed by atoms with Gasteiger partial charge in [-0.1, -0.05) is 6.92 Å². The van der Waals surface area contributed by atoms with Crippen LogP contribution in [0, 0.1) is 11.6 Å². The Morgan fingerprint density at radius 2 is 2.05 bits per heavy atom. The average Bonchev–Trinajstić information content (AvgIpc) is 2.72. The van der Waals surface area contributed by atoms with Crippen molar-refractivity contribution in [2.75, 3.05) is 5.32 Å². The second-order valence-electron chi connectivity index (χ2n) is 4.23. The highest BCUT2D eigenvalue weighted by atomic mass is 79.9. The molecule has 1 aromatic carbocycles. The number of aromatic nitrogens is 2. The maximum atomic E-state index is 13.6. The van der Waals surface area contributed by atoms with Crippen LogP contribution in [0.5, 0.6) is 0 Å². The maximum absolute atomic E-state index is 13.6. The summed E-state index contributed by atoms with van der Waals surface area (Å²) in [7, 11) is 1.84. The molecule has 0 radical (unpaired) electrons. The number of anilines is 1. The Balaban J connectivity index is 2.16. The van der Waals surface area contributed by atoms with Gasteiger partial charge in [-0.25, -0.2) is 8.78 Å². The van der Waals surface area contributed by atoms with Crippen LogP contribution in [-0.2, 0) is 20.0 Å². The van der Waals surface area contributed by atoms with E-state index in [1.165, 1.54) is 0 Å². The third kappa shape index (κ3) is 3.12. The molecule has 2 rings (SSSR count). The molecular weight excluding hydrogens is 316 g/mol. The second-order valence-corrected chi connectivity index (χ2v) is 5.08. The molecule has 0 saturated heterocycles. The number of halogens is 3. The minimum Gasteiger partial charge on any atom is -0.378 e. The largest absolute Gasteiger partial charge is 0.378 e. The quantitative estimate of drug-likeness (QED) is 0.868. The summed E-state index contributed by atoms with van der Waals surface area (Å²) in [6, 6.07) is 2.25. The van der Waals surface area contributed by atoms with Gasteiger partial charge in [0.05, 0.1) is 15.9 Å². The van der Waals surface area contributed by atoms with Crippen LogP contribution in [0.1, 0.15) is 18.2 Å². The first-order chi connectivity index (χ1) is 9.01. The molecule has 102 valence electrons. The predicted octanol–water partition coefficient (Wildman–Crippen LogP) is 3.64. The molecule has 1 heterocycles. The van der Waals surface area contributed by atoms with Crippen LogP contribution in [-0.4, -0.2) is 9.78 Å². The molecule has 0 fully saturated rings. The Morgan fingerprint density at radius 3 is 2.74 bits per heavy atom. The van der Waals surface area contributed by atoms with Gasteiger partial charge in [0.2, 0.25) is 0 Å². The van der Waals surface area contributed by atoms with Crippen LogP contribution in [0.3, 0.4) is 0 Å². The van der Waals surface area contributed by atoms with Crippen LogP contribution >= 0.6 is 15.9 Å². The van der Waals surface area contributed by atoms with Gasteiger partial charge in [0, 0.05) is 31.4 Å². The third-order valence-corrected chi connectivity index (χ3v) is 3.41. The molecule has 3 nitrogen and oxygen atoms in total. The molecule has 0 atom stereocenters. The Bertz CT molecular complexity index is 596. The SMILES string of the molecule is CCc1nn(C)cc1CNc1cc(F)c(Br)cc1F. The fraction of sp³-hybridized carbons (Fsp3) is 0.308. The van der Waals surface area contributed by atoms with E-state index in [4.69, 9.17) is 0 Å². The van der Waals surface area contributed by atoms with Crippen molar-refractivity contribution in [2.24, 2.45) is 7.05 Å². The topological polar surface area (TPSA) is 29.9 Å². The van der Waals surface area contributed by atoms with Crippen molar-refractivity contribution in [3.05, 3.63) is 45.7 Å². The highest BCUT2D eigenvalue weighted by Gasteiger charge is 2.10. The van der Waals surface area contributed by atoms with E-state index in [0.29, 0.717) is 6.54 Å². The van der Waals surface area contributed by atoms with Gasteiger partial charge in [0.25, 0.3) is 0 Å². The highest BCUT2D eigenvalue weighted by Crippen LogP contribution is 2.24. The van der Waals surface area contributed by atoms with Crippen LogP contribution in [0.2, 0.25) is 0 Å². The van der Waals surface area contributed by atoms with Crippen LogP contribution < -0.4 is 5.32 Å². The monoisotopic (exact) mass is 329 g/mol.